The van der Waals surface area contributed by atoms with Crippen molar-refractivity contribution in [2.45, 2.75) is 19.4 Å². The summed E-state index contributed by atoms with van der Waals surface area (Å²) in [6, 6.07) is 1.50. The molecule has 1 unspecified atom stereocenters. The van der Waals surface area contributed by atoms with Gasteiger partial charge in [-0.3, -0.25) is 0 Å². The van der Waals surface area contributed by atoms with Crippen molar-refractivity contribution in [3.63, 3.8) is 0 Å². The summed E-state index contributed by atoms with van der Waals surface area (Å²) in [5, 5.41) is 14.1. The molecule has 94 valence electrons. The summed E-state index contributed by atoms with van der Waals surface area (Å²) in [5.74, 6) is -1.49. The summed E-state index contributed by atoms with van der Waals surface area (Å²) >= 11 is 2.95. The summed E-state index contributed by atoms with van der Waals surface area (Å²) in [6.07, 6.45) is 0.490. The fourth-order valence-electron chi connectivity index (χ4n) is 1.28. The molecule has 0 saturated carbocycles. The van der Waals surface area contributed by atoms with Crippen molar-refractivity contribution in [3.05, 3.63) is 28.2 Å². The van der Waals surface area contributed by atoms with Crippen LogP contribution in [0.25, 0.3) is 0 Å². The quantitative estimate of drug-likeness (QED) is 0.263. The van der Waals surface area contributed by atoms with Crippen LogP contribution in [0.1, 0.15) is 13.3 Å². The molecule has 0 saturated heterocycles. The molecule has 0 radical (unpaired) electrons. The van der Waals surface area contributed by atoms with Gasteiger partial charge in [-0.1, -0.05) is 12.1 Å². The summed E-state index contributed by atoms with van der Waals surface area (Å²) in [5.41, 5.74) is 5.50. The van der Waals surface area contributed by atoms with Gasteiger partial charge in [0.15, 0.2) is 5.84 Å². The first-order valence-electron chi connectivity index (χ1n) is 4.88. The maximum atomic E-state index is 13.4. The number of oxime groups is 1. The Morgan fingerprint density at radius 1 is 1.53 bits per heavy atom. The van der Waals surface area contributed by atoms with E-state index in [1.165, 1.54) is 6.07 Å². The molecule has 0 amide bonds. The molecule has 0 aliphatic heterocycles. The van der Waals surface area contributed by atoms with Gasteiger partial charge < -0.3 is 16.3 Å². The summed E-state index contributed by atoms with van der Waals surface area (Å²) in [6.45, 7) is 1.78. The van der Waals surface area contributed by atoms with Gasteiger partial charge >= 0.3 is 0 Å². The molecule has 0 aliphatic carbocycles. The van der Waals surface area contributed by atoms with Crippen LogP contribution in [-0.2, 0) is 0 Å². The third-order valence-electron chi connectivity index (χ3n) is 2.22. The minimum Gasteiger partial charge on any atom is -0.409 e. The first-order chi connectivity index (χ1) is 7.99. The van der Waals surface area contributed by atoms with Crippen LogP contribution in [0.3, 0.4) is 0 Å². The molecule has 0 spiro atoms. The molecule has 0 aromatic heterocycles. The third kappa shape index (κ3) is 3.29. The monoisotopic (exact) mass is 307 g/mol. The summed E-state index contributed by atoms with van der Waals surface area (Å²) < 4.78 is 26.6. The van der Waals surface area contributed by atoms with Gasteiger partial charge in [0.25, 0.3) is 0 Å². The van der Waals surface area contributed by atoms with Gasteiger partial charge in [0.1, 0.15) is 11.6 Å². The van der Waals surface area contributed by atoms with Crippen molar-refractivity contribution >= 4 is 27.5 Å². The first-order valence-corrected chi connectivity index (χ1v) is 5.67. The van der Waals surface area contributed by atoms with Crippen LogP contribution >= 0.6 is 15.9 Å². The van der Waals surface area contributed by atoms with Crippen LogP contribution in [0.5, 0.6) is 0 Å². The molecular formula is C10H12BrF2N3O. The topological polar surface area (TPSA) is 70.6 Å². The molecule has 1 atom stereocenters. The van der Waals surface area contributed by atoms with E-state index in [2.05, 4.69) is 26.4 Å². The minimum absolute atomic E-state index is 0.0626. The fraction of sp³-hybridized carbons (Fsp3) is 0.300. The van der Waals surface area contributed by atoms with Gasteiger partial charge in [0.2, 0.25) is 0 Å². The predicted octanol–water partition coefficient (Wildman–Crippen LogP) is 2.66. The van der Waals surface area contributed by atoms with Crippen LogP contribution in [-0.4, -0.2) is 17.1 Å². The summed E-state index contributed by atoms with van der Waals surface area (Å²) in [4.78, 5) is 0. The lowest BCUT2D eigenvalue weighted by Crippen LogP contribution is -2.35. The van der Waals surface area contributed by atoms with E-state index >= 15 is 0 Å². The number of amidine groups is 1. The van der Waals surface area contributed by atoms with E-state index in [9.17, 15) is 8.78 Å². The molecule has 0 bridgehead atoms. The van der Waals surface area contributed by atoms with E-state index < -0.39 is 17.7 Å². The number of nitrogens with zero attached hydrogens (tertiary/aromatic N) is 1. The molecule has 0 fully saturated rings. The standard InChI is InChI=1S/C10H12BrF2N3O/c1-2-8(10(14)16-17)15-9-3-5(11)6(12)4-7(9)13/h3-4,8,15,17H,2H2,1H3,(H2,14,16). The highest BCUT2D eigenvalue weighted by Gasteiger charge is 2.15. The van der Waals surface area contributed by atoms with E-state index in [1.807, 2.05) is 0 Å². The Hall–Kier alpha value is -1.37. The molecule has 1 rings (SSSR count). The highest BCUT2D eigenvalue weighted by molar-refractivity contribution is 9.10. The van der Waals surface area contributed by atoms with Crippen LogP contribution < -0.4 is 11.1 Å². The Labute approximate surface area is 106 Å². The second-order valence-corrected chi connectivity index (χ2v) is 4.23. The average Bonchev–Trinajstić information content (AvgIpc) is 2.31. The largest absolute Gasteiger partial charge is 0.409 e. The maximum absolute atomic E-state index is 13.4. The summed E-state index contributed by atoms with van der Waals surface area (Å²) in [7, 11) is 0. The number of nitrogens with two attached hydrogens (primary N) is 1. The number of hydrogen-bond donors (Lipinski definition) is 3. The molecule has 0 heterocycles. The van der Waals surface area contributed by atoms with Gasteiger partial charge in [-0.25, -0.2) is 8.78 Å². The normalized spacial score (nSPS) is 13.5. The Morgan fingerprint density at radius 2 is 2.18 bits per heavy atom. The molecule has 17 heavy (non-hydrogen) atoms. The van der Waals surface area contributed by atoms with Crippen LogP contribution in [0.15, 0.2) is 21.8 Å². The van der Waals surface area contributed by atoms with Crippen molar-refractivity contribution < 1.29 is 14.0 Å². The highest BCUT2D eigenvalue weighted by atomic mass is 79.9. The molecule has 7 heteroatoms. The second kappa shape index (κ2) is 5.81. The zero-order valence-electron chi connectivity index (χ0n) is 9.04. The molecule has 4 N–H and O–H groups in total. The van der Waals surface area contributed by atoms with Crippen molar-refractivity contribution in [3.8, 4) is 0 Å². The van der Waals surface area contributed by atoms with Crippen molar-refractivity contribution in [2.24, 2.45) is 10.9 Å². The third-order valence-corrected chi connectivity index (χ3v) is 2.83. The smallest absolute Gasteiger partial charge is 0.161 e. The first kappa shape index (κ1) is 13.7. The number of halogens is 3. The van der Waals surface area contributed by atoms with Crippen molar-refractivity contribution in [1.29, 1.82) is 0 Å². The lowest BCUT2D eigenvalue weighted by molar-refractivity contribution is 0.316. The van der Waals surface area contributed by atoms with Crippen LogP contribution in [0.4, 0.5) is 14.5 Å². The van der Waals surface area contributed by atoms with Gasteiger partial charge in [-0.2, -0.15) is 0 Å². The van der Waals surface area contributed by atoms with E-state index in [-0.39, 0.29) is 16.0 Å². The highest BCUT2D eigenvalue weighted by Crippen LogP contribution is 2.24. The number of hydrogen-bond acceptors (Lipinski definition) is 3. The molecule has 1 aromatic carbocycles. The van der Waals surface area contributed by atoms with Crippen molar-refractivity contribution in [2.75, 3.05) is 5.32 Å². The fourth-order valence-corrected chi connectivity index (χ4v) is 1.62. The number of nitrogens with one attached hydrogen (secondary N) is 1. The number of benzene rings is 1. The van der Waals surface area contributed by atoms with E-state index in [0.717, 1.165) is 6.07 Å². The lowest BCUT2D eigenvalue weighted by atomic mass is 10.2. The van der Waals surface area contributed by atoms with Crippen LogP contribution in [0.2, 0.25) is 0 Å². The molecule has 0 aliphatic rings. The van der Waals surface area contributed by atoms with E-state index in [0.29, 0.717) is 6.42 Å². The Morgan fingerprint density at radius 3 is 2.71 bits per heavy atom. The Kier molecular flexibility index (Phi) is 4.68. The van der Waals surface area contributed by atoms with Gasteiger partial charge in [0, 0.05) is 6.07 Å². The Bertz CT molecular complexity index is 440. The van der Waals surface area contributed by atoms with E-state index in [4.69, 9.17) is 10.9 Å². The number of anilines is 1. The van der Waals surface area contributed by atoms with Gasteiger partial charge in [-0.05, 0) is 28.4 Å². The SMILES string of the molecule is CCC(Nc1cc(Br)c(F)cc1F)/C(N)=N/O. The molecular weight excluding hydrogens is 296 g/mol. The van der Waals surface area contributed by atoms with Crippen molar-refractivity contribution in [1.82, 2.24) is 0 Å². The zero-order chi connectivity index (χ0) is 13.0. The Balaban J connectivity index is 2.98. The maximum Gasteiger partial charge on any atom is 0.161 e. The average molecular weight is 308 g/mol. The lowest BCUT2D eigenvalue weighted by Gasteiger charge is -2.17. The number of rotatable bonds is 4. The van der Waals surface area contributed by atoms with Gasteiger partial charge in [-0.15, -0.1) is 0 Å². The van der Waals surface area contributed by atoms with E-state index in [1.54, 1.807) is 6.92 Å². The zero-order valence-corrected chi connectivity index (χ0v) is 10.6. The second-order valence-electron chi connectivity index (χ2n) is 3.38. The minimum atomic E-state index is -0.741. The van der Waals surface area contributed by atoms with Crippen LogP contribution in [0, 0.1) is 11.6 Å². The molecule has 1 aromatic rings. The molecule has 4 nitrogen and oxygen atoms in total. The van der Waals surface area contributed by atoms with Gasteiger partial charge in [0.05, 0.1) is 16.2 Å². The predicted molar refractivity (Wildman–Crippen MR) is 65.2 cm³/mol.